The van der Waals surface area contributed by atoms with Gasteiger partial charge in [-0.3, -0.25) is 0 Å². The summed E-state index contributed by atoms with van der Waals surface area (Å²) in [6.45, 7) is 3.14. The average molecular weight is 269 g/mol. The van der Waals surface area contributed by atoms with E-state index in [2.05, 4.69) is 23.6 Å². The van der Waals surface area contributed by atoms with E-state index in [4.69, 9.17) is 15.1 Å². The SMILES string of the molecule is CCCn1c(CC(N)c2ccoc2)nc2ccccc21. The van der Waals surface area contributed by atoms with Gasteiger partial charge in [-0.25, -0.2) is 4.98 Å². The van der Waals surface area contributed by atoms with Crippen molar-refractivity contribution < 1.29 is 4.42 Å². The third kappa shape index (κ3) is 2.34. The summed E-state index contributed by atoms with van der Waals surface area (Å²) in [5.74, 6) is 1.04. The Kier molecular flexibility index (Phi) is 3.56. The van der Waals surface area contributed by atoms with E-state index < -0.39 is 0 Å². The number of imidazole rings is 1. The lowest BCUT2D eigenvalue weighted by Gasteiger charge is -2.11. The molecule has 0 spiro atoms. The standard InChI is InChI=1S/C16H19N3O/c1-2-8-19-15-6-4-3-5-14(15)18-16(19)10-13(17)12-7-9-20-11-12/h3-7,9,11,13H,2,8,10,17H2,1H3. The van der Waals surface area contributed by atoms with E-state index >= 15 is 0 Å². The van der Waals surface area contributed by atoms with E-state index in [0.29, 0.717) is 6.42 Å². The molecule has 0 bridgehead atoms. The van der Waals surface area contributed by atoms with Crippen molar-refractivity contribution in [1.29, 1.82) is 0 Å². The van der Waals surface area contributed by atoms with Gasteiger partial charge in [0.25, 0.3) is 0 Å². The van der Waals surface area contributed by atoms with Crippen molar-refractivity contribution in [2.45, 2.75) is 32.4 Å². The summed E-state index contributed by atoms with van der Waals surface area (Å²) in [4.78, 5) is 4.73. The van der Waals surface area contributed by atoms with E-state index in [1.54, 1.807) is 12.5 Å². The number of para-hydroxylation sites is 2. The number of nitrogens with zero attached hydrogens (tertiary/aromatic N) is 2. The Morgan fingerprint density at radius 2 is 2.15 bits per heavy atom. The second-order valence-electron chi connectivity index (χ2n) is 5.04. The molecule has 0 fully saturated rings. The van der Waals surface area contributed by atoms with E-state index in [1.807, 2.05) is 18.2 Å². The van der Waals surface area contributed by atoms with Gasteiger partial charge in [0.15, 0.2) is 0 Å². The monoisotopic (exact) mass is 269 g/mol. The van der Waals surface area contributed by atoms with Crippen LogP contribution < -0.4 is 5.73 Å². The highest BCUT2D eigenvalue weighted by Crippen LogP contribution is 2.21. The molecule has 0 aliphatic carbocycles. The van der Waals surface area contributed by atoms with Gasteiger partial charge < -0.3 is 14.7 Å². The van der Waals surface area contributed by atoms with Crippen LogP contribution in [0.5, 0.6) is 0 Å². The molecule has 1 unspecified atom stereocenters. The maximum Gasteiger partial charge on any atom is 0.111 e. The molecule has 3 aromatic rings. The van der Waals surface area contributed by atoms with Crippen LogP contribution in [0.4, 0.5) is 0 Å². The first-order valence-corrected chi connectivity index (χ1v) is 7.01. The minimum atomic E-state index is -0.0823. The first kappa shape index (κ1) is 12.9. The molecule has 0 aliphatic heterocycles. The number of furan rings is 1. The highest BCUT2D eigenvalue weighted by Gasteiger charge is 2.15. The van der Waals surface area contributed by atoms with Gasteiger partial charge in [-0.1, -0.05) is 19.1 Å². The first-order chi connectivity index (χ1) is 9.79. The average Bonchev–Trinajstić information content (AvgIpc) is 3.08. The fourth-order valence-electron chi connectivity index (χ4n) is 2.55. The van der Waals surface area contributed by atoms with E-state index in [-0.39, 0.29) is 6.04 Å². The largest absolute Gasteiger partial charge is 0.472 e. The van der Waals surface area contributed by atoms with Crippen LogP contribution in [0.3, 0.4) is 0 Å². The van der Waals surface area contributed by atoms with Crippen LogP contribution in [-0.2, 0) is 13.0 Å². The summed E-state index contributed by atoms with van der Waals surface area (Å²) in [5, 5.41) is 0. The van der Waals surface area contributed by atoms with Crippen LogP contribution >= 0.6 is 0 Å². The maximum atomic E-state index is 6.25. The van der Waals surface area contributed by atoms with Gasteiger partial charge in [0.1, 0.15) is 5.82 Å². The number of benzene rings is 1. The van der Waals surface area contributed by atoms with Crippen molar-refractivity contribution in [1.82, 2.24) is 9.55 Å². The summed E-state index contributed by atoms with van der Waals surface area (Å²) >= 11 is 0. The summed E-state index contributed by atoms with van der Waals surface area (Å²) in [5.41, 5.74) is 9.48. The van der Waals surface area contributed by atoms with Crippen LogP contribution in [0.2, 0.25) is 0 Å². The molecule has 1 atom stereocenters. The van der Waals surface area contributed by atoms with Crippen molar-refractivity contribution in [3.8, 4) is 0 Å². The number of aromatic nitrogens is 2. The van der Waals surface area contributed by atoms with E-state index in [9.17, 15) is 0 Å². The molecule has 20 heavy (non-hydrogen) atoms. The maximum absolute atomic E-state index is 6.25. The second-order valence-corrected chi connectivity index (χ2v) is 5.04. The molecule has 104 valence electrons. The van der Waals surface area contributed by atoms with Crippen molar-refractivity contribution in [2.24, 2.45) is 5.73 Å². The van der Waals surface area contributed by atoms with Crippen LogP contribution in [-0.4, -0.2) is 9.55 Å². The molecule has 4 nitrogen and oxygen atoms in total. The number of hydrogen-bond acceptors (Lipinski definition) is 3. The van der Waals surface area contributed by atoms with Crippen LogP contribution in [0, 0.1) is 0 Å². The minimum absolute atomic E-state index is 0.0823. The zero-order chi connectivity index (χ0) is 13.9. The van der Waals surface area contributed by atoms with Crippen molar-refractivity contribution in [2.75, 3.05) is 0 Å². The Labute approximate surface area is 118 Å². The van der Waals surface area contributed by atoms with Crippen molar-refractivity contribution >= 4 is 11.0 Å². The Morgan fingerprint density at radius 3 is 2.90 bits per heavy atom. The lowest BCUT2D eigenvalue weighted by atomic mass is 10.1. The fraction of sp³-hybridized carbons (Fsp3) is 0.312. The molecule has 0 radical (unpaired) electrons. The number of rotatable bonds is 5. The third-order valence-electron chi connectivity index (χ3n) is 3.55. The quantitative estimate of drug-likeness (QED) is 0.773. The number of nitrogens with two attached hydrogens (primary N) is 1. The highest BCUT2D eigenvalue weighted by atomic mass is 16.3. The van der Waals surface area contributed by atoms with Crippen molar-refractivity contribution in [3.63, 3.8) is 0 Å². The van der Waals surface area contributed by atoms with Gasteiger partial charge in [-0.05, 0) is 24.6 Å². The summed E-state index contributed by atoms with van der Waals surface area (Å²) in [6.07, 6.45) is 5.16. The Balaban J connectivity index is 1.96. The molecule has 0 amide bonds. The zero-order valence-corrected chi connectivity index (χ0v) is 11.6. The van der Waals surface area contributed by atoms with Gasteiger partial charge in [0, 0.05) is 24.6 Å². The summed E-state index contributed by atoms with van der Waals surface area (Å²) in [6, 6.07) is 10.1. The van der Waals surface area contributed by atoms with E-state index in [0.717, 1.165) is 29.9 Å². The highest BCUT2D eigenvalue weighted by molar-refractivity contribution is 5.75. The first-order valence-electron chi connectivity index (χ1n) is 7.01. The fourth-order valence-corrected chi connectivity index (χ4v) is 2.55. The van der Waals surface area contributed by atoms with Crippen LogP contribution in [0.25, 0.3) is 11.0 Å². The molecule has 0 aliphatic rings. The van der Waals surface area contributed by atoms with E-state index in [1.165, 1.54) is 5.52 Å². The number of hydrogen-bond donors (Lipinski definition) is 1. The zero-order valence-electron chi connectivity index (χ0n) is 11.6. The Hall–Kier alpha value is -2.07. The lowest BCUT2D eigenvalue weighted by Crippen LogP contribution is -2.16. The predicted molar refractivity (Wildman–Crippen MR) is 79.4 cm³/mol. The van der Waals surface area contributed by atoms with Gasteiger partial charge >= 0.3 is 0 Å². The Morgan fingerprint density at radius 1 is 1.30 bits per heavy atom. The van der Waals surface area contributed by atoms with Crippen LogP contribution in [0.15, 0.2) is 47.3 Å². The molecular weight excluding hydrogens is 250 g/mol. The number of fused-ring (bicyclic) bond motifs is 1. The second kappa shape index (κ2) is 5.51. The normalized spacial score (nSPS) is 12.9. The predicted octanol–water partition coefficient (Wildman–Crippen LogP) is 3.28. The van der Waals surface area contributed by atoms with Gasteiger partial charge in [0.05, 0.1) is 23.6 Å². The smallest absolute Gasteiger partial charge is 0.111 e. The van der Waals surface area contributed by atoms with Gasteiger partial charge in [-0.15, -0.1) is 0 Å². The summed E-state index contributed by atoms with van der Waals surface area (Å²) < 4.78 is 7.38. The molecule has 1 aromatic carbocycles. The van der Waals surface area contributed by atoms with Crippen LogP contribution in [0.1, 0.15) is 30.8 Å². The molecule has 0 saturated carbocycles. The topological polar surface area (TPSA) is 57.0 Å². The minimum Gasteiger partial charge on any atom is -0.472 e. The molecular formula is C16H19N3O. The number of aryl methyl sites for hydroxylation is 1. The van der Waals surface area contributed by atoms with Gasteiger partial charge in [0.2, 0.25) is 0 Å². The van der Waals surface area contributed by atoms with Gasteiger partial charge in [-0.2, -0.15) is 0 Å². The summed E-state index contributed by atoms with van der Waals surface area (Å²) in [7, 11) is 0. The molecule has 0 saturated heterocycles. The molecule has 2 N–H and O–H groups in total. The molecule has 2 aromatic heterocycles. The molecule has 3 rings (SSSR count). The molecule has 4 heteroatoms. The van der Waals surface area contributed by atoms with Crippen molar-refractivity contribution in [3.05, 3.63) is 54.2 Å². The molecule has 2 heterocycles. The lowest BCUT2D eigenvalue weighted by molar-refractivity contribution is 0.554. The third-order valence-corrected chi connectivity index (χ3v) is 3.55. The Bertz CT molecular complexity index is 685.